The maximum atomic E-state index is 13.1. The Morgan fingerprint density at radius 3 is 2.55 bits per heavy atom. The van der Waals surface area contributed by atoms with E-state index < -0.39 is 15.8 Å². The molecule has 1 saturated heterocycles. The fraction of sp³-hybridized carbons (Fsp3) is 0.348. The van der Waals surface area contributed by atoms with Crippen LogP contribution in [0.25, 0.3) is 11.4 Å². The number of piperidine rings is 1. The summed E-state index contributed by atoms with van der Waals surface area (Å²) >= 11 is 0. The van der Waals surface area contributed by atoms with E-state index in [2.05, 4.69) is 10.1 Å². The zero-order valence-corrected chi connectivity index (χ0v) is 19.3. The minimum atomic E-state index is -3.71. The van der Waals surface area contributed by atoms with Gasteiger partial charge in [-0.1, -0.05) is 28.9 Å². The number of sulfonamides is 1. The number of aryl methyl sites for hydroxylation is 1. The topological polar surface area (TPSA) is 96.6 Å². The lowest BCUT2D eigenvalue weighted by Gasteiger charge is -2.32. The number of hydrogen-bond acceptors (Lipinski definition) is 6. The van der Waals surface area contributed by atoms with E-state index in [1.807, 2.05) is 31.2 Å². The average molecular weight is 473 g/mol. The first-order valence-electron chi connectivity index (χ1n) is 10.6. The molecule has 1 aliphatic heterocycles. The van der Waals surface area contributed by atoms with Crippen molar-refractivity contribution in [2.24, 2.45) is 5.92 Å². The highest BCUT2D eigenvalue weighted by atomic mass is 32.2. The second kappa shape index (κ2) is 9.40. The molecule has 0 aliphatic carbocycles. The predicted octanol–water partition coefficient (Wildman–Crippen LogP) is 3.24. The highest BCUT2D eigenvalue weighted by molar-refractivity contribution is 7.89. The van der Waals surface area contributed by atoms with Gasteiger partial charge >= 0.3 is 0 Å². The minimum Gasteiger partial charge on any atom is -0.337 e. The van der Waals surface area contributed by atoms with Gasteiger partial charge < -0.3 is 9.42 Å². The Morgan fingerprint density at radius 1 is 1.18 bits per heavy atom. The largest absolute Gasteiger partial charge is 0.337 e. The quantitative estimate of drug-likeness (QED) is 0.546. The van der Waals surface area contributed by atoms with E-state index in [9.17, 15) is 17.6 Å². The van der Waals surface area contributed by atoms with Crippen LogP contribution in [-0.4, -0.2) is 53.8 Å². The van der Waals surface area contributed by atoms with Crippen LogP contribution in [0.5, 0.6) is 0 Å². The summed E-state index contributed by atoms with van der Waals surface area (Å²) in [5, 5.41) is 4.00. The fourth-order valence-corrected chi connectivity index (χ4v) is 5.38. The van der Waals surface area contributed by atoms with Gasteiger partial charge in [0.05, 0.1) is 11.4 Å². The molecule has 10 heteroatoms. The highest BCUT2D eigenvalue weighted by Gasteiger charge is 2.33. The molecule has 1 aromatic heterocycles. The molecule has 0 saturated carbocycles. The van der Waals surface area contributed by atoms with Gasteiger partial charge in [-0.25, -0.2) is 12.8 Å². The normalized spacial score (nSPS) is 15.5. The third-order valence-corrected chi connectivity index (χ3v) is 7.66. The first-order valence-corrected chi connectivity index (χ1v) is 12.1. The van der Waals surface area contributed by atoms with Crippen molar-refractivity contribution in [1.29, 1.82) is 0 Å². The molecule has 0 atom stereocenters. The van der Waals surface area contributed by atoms with Crippen molar-refractivity contribution in [2.75, 3.05) is 20.1 Å². The van der Waals surface area contributed by atoms with E-state index in [0.29, 0.717) is 24.6 Å². The molecule has 33 heavy (non-hydrogen) atoms. The third-order valence-electron chi connectivity index (χ3n) is 5.75. The summed E-state index contributed by atoms with van der Waals surface area (Å²) in [6.45, 7) is 2.60. The molecule has 8 nitrogen and oxygen atoms in total. The van der Waals surface area contributed by atoms with Crippen LogP contribution in [0.3, 0.4) is 0 Å². The molecule has 0 N–H and O–H groups in total. The lowest BCUT2D eigenvalue weighted by Crippen LogP contribution is -2.43. The number of hydrogen-bond donors (Lipinski definition) is 0. The van der Waals surface area contributed by atoms with Crippen molar-refractivity contribution in [2.45, 2.75) is 31.2 Å². The lowest BCUT2D eigenvalue weighted by molar-refractivity contribution is -0.136. The zero-order valence-electron chi connectivity index (χ0n) is 18.4. The molecule has 3 aromatic rings. The Bertz CT molecular complexity index is 1240. The summed E-state index contributed by atoms with van der Waals surface area (Å²) in [5.41, 5.74) is 1.92. The average Bonchev–Trinajstić information content (AvgIpc) is 3.27. The van der Waals surface area contributed by atoms with Crippen LogP contribution in [0.1, 0.15) is 24.3 Å². The van der Waals surface area contributed by atoms with Crippen LogP contribution >= 0.6 is 0 Å². The van der Waals surface area contributed by atoms with Gasteiger partial charge in [-0.3, -0.25) is 4.79 Å². The molecule has 0 unspecified atom stereocenters. The van der Waals surface area contributed by atoms with E-state index in [1.165, 1.54) is 21.3 Å². The molecule has 0 bridgehead atoms. The highest BCUT2D eigenvalue weighted by Crippen LogP contribution is 2.26. The van der Waals surface area contributed by atoms with Gasteiger partial charge in [0.25, 0.3) is 0 Å². The second-order valence-electron chi connectivity index (χ2n) is 8.21. The summed E-state index contributed by atoms with van der Waals surface area (Å²) in [5.74, 6) is -0.0842. The molecule has 4 rings (SSSR count). The van der Waals surface area contributed by atoms with Gasteiger partial charge in [0.1, 0.15) is 5.82 Å². The number of rotatable bonds is 6. The van der Waals surface area contributed by atoms with Crippen molar-refractivity contribution in [3.63, 3.8) is 0 Å². The number of carbonyl (C=O) groups excluding carboxylic acids is 1. The summed E-state index contributed by atoms with van der Waals surface area (Å²) in [7, 11) is -2.05. The molecular weight excluding hydrogens is 447 g/mol. The van der Waals surface area contributed by atoms with Crippen LogP contribution < -0.4 is 0 Å². The molecule has 2 heterocycles. The molecule has 0 radical (unpaired) electrons. The number of aromatic nitrogens is 2. The lowest BCUT2D eigenvalue weighted by atomic mass is 9.97. The first-order chi connectivity index (χ1) is 15.7. The number of carbonyl (C=O) groups is 1. The minimum absolute atomic E-state index is 0.0478. The first kappa shape index (κ1) is 23.1. The molecule has 1 aliphatic rings. The van der Waals surface area contributed by atoms with E-state index in [-0.39, 0.29) is 36.4 Å². The summed E-state index contributed by atoms with van der Waals surface area (Å²) in [6, 6.07) is 12.5. The molecule has 1 fully saturated rings. The Labute approximate surface area is 192 Å². The van der Waals surface area contributed by atoms with Gasteiger partial charge in [0.2, 0.25) is 27.6 Å². The standard InChI is InChI=1S/C23H25FN4O4S/c1-16-4-3-5-18(14-16)22-25-21(32-26-22)15-27(2)23(29)17-10-12-28(13-11-17)33(30,31)20-8-6-19(24)7-9-20/h3-9,14,17H,10-13,15H2,1-2H3. The van der Waals surface area contributed by atoms with Crippen LogP contribution in [-0.2, 0) is 21.4 Å². The van der Waals surface area contributed by atoms with Gasteiger partial charge in [-0.15, -0.1) is 0 Å². The number of halogens is 1. The molecule has 1 amide bonds. The third kappa shape index (κ3) is 5.12. The van der Waals surface area contributed by atoms with Crippen LogP contribution in [0, 0.1) is 18.7 Å². The number of amides is 1. The van der Waals surface area contributed by atoms with Crippen molar-refractivity contribution < 1.29 is 22.1 Å². The Morgan fingerprint density at radius 2 is 1.88 bits per heavy atom. The number of benzene rings is 2. The van der Waals surface area contributed by atoms with E-state index in [4.69, 9.17) is 4.52 Å². The predicted molar refractivity (Wildman–Crippen MR) is 119 cm³/mol. The number of nitrogens with zero attached hydrogens (tertiary/aromatic N) is 4. The maximum Gasteiger partial charge on any atom is 0.246 e. The SMILES string of the molecule is Cc1cccc(-c2noc(CN(C)C(=O)C3CCN(S(=O)(=O)c4ccc(F)cc4)CC3)n2)c1. The zero-order chi connectivity index (χ0) is 23.6. The molecule has 0 spiro atoms. The van der Waals surface area contributed by atoms with Gasteiger partial charge in [-0.05, 0) is 50.1 Å². The van der Waals surface area contributed by atoms with Gasteiger partial charge in [-0.2, -0.15) is 9.29 Å². The maximum absolute atomic E-state index is 13.1. The Balaban J connectivity index is 1.34. The van der Waals surface area contributed by atoms with Crippen LogP contribution in [0.4, 0.5) is 4.39 Å². The summed E-state index contributed by atoms with van der Waals surface area (Å²) < 4.78 is 45.3. The summed E-state index contributed by atoms with van der Waals surface area (Å²) in [4.78, 5) is 18.9. The monoisotopic (exact) mass is 472 g/mol. The Hall–Kier alpha value is -3.11. The Kier molecular flexibility index (Phi) is 6.57. The van der Waals surface area contributed by atoms with Crippen molar-refractivity contribution in [1.82, 2.24) is 19.3 Å². The van der Waals surface area contributed by atoms with Gasteiger partial charge in [0.15, 0.2) is 0 Å². The summed E-state index contributed by atoms with van der Waals surface area (Å²) in [6.07, 6.45) is 0.809. The second-order valence-corrected chi connectivity index (χ2v) is 10.1. The van der Waals surface area contributed by atoms with Crippen molar-refractivity contribution >= 4 is 15.9 Å². The van der Waals surface area contributed by atoms with Gasteiger partial charge in [0, 0.05) is 31.6 Å². The molecular formula is C23H25FN4O4S. The molecule has 174 valence electrons. The fourth-order valence-electron chi connectivity index (χ4n) is 3.91. The van der Waals surface area contributed by atoms with Crippen molar-refractivity contribution in [3.8, 4) is 11.4 Å². The smallest absolute Gasteiger partial charge is 0.246 e. The van der Waals surface area contributed by atoms with E-state index >= 15 is 0 Å². The molecule has 2 aromatic carbocycles. The van der Waals surface area contributed by atoms with E-state index in [0.717, 1.165) is 23.3 Å². The van der Waals surface area contributed by atoms with Crippen LogP contribution in [0.15, 0.2) is 57.9 Å². The van der Waals surface area contributed by atoms with E-state index in [1.54, 1.807) is 7.05 Å². The van der Waals surface area contributed by atoms with Crippen molar-refractivity contribution in [3.05, 3.63) is 65.8 Å². The van der Waals surface area contributed by atoms with Crippen LogP contribution in [0.2, 0.25) is 0 Å².